The van der Waals surface area contributed by atoms with E-state index in [-0.39, 0.29) is 16.9 Å². The van der Waals surface area contributed by atoms with E-state index in [0.29, 0.717) is 19.6 Å². The van der Waals surface area contributed by atoms with Crippen LogP contribution < -0.4 is 9.47 Å². The lowest BCUT2D eigenvalue weighted by molar-refractivity contribution is 0.0117. The minimum Gasteiger partial charge on any atom is -0.497 e. The van der Waals surface area contributed by atoms with Gasteiger partial charge < -0.3 is 23.7 Å². The van der Waals surface area contributed by atoms with Gasteiger partial charge in [0.2, 0.25) is 0 Å². The normalized spacial score (nSPS) is 13.2. The Morgan fingerprint density at radius 3 is 1.73 bits per heavy atom. The summed E-state index contributed by atoms with van der Waals surface area (Å²) in [7, 11) is 1.54. The molecule has 0 bridgehead atoms. The summed E-state index contributed by atoms with van der Waals surface area (Å²) >= 11 is 1.81. The molecule has 3 aromatic carbocycles. The minimum absolute atomic E-state index is 0.104. The van der Waals surface area contributed by atoms with Crippen LogP contribution in [0.15, 0.2) is 78.9 Å². The maximum Gasteiger partial charge on any atom is 0.192 e. The molecule has 7 heteroatoms. The van der Waals surface area contributed by atoms with Crippen LogP contribution in [-0.4, -0.2) is 58.5 Å². The molecule has 5 nitrogen and oxygen atoms in total. The minimum atomic E-state index is -1.81. The highest BCUT2D eigenvalue weighted by molar-refractivity contribution is 7.99. The number of thioether (sulfide) groups is 1. The van der Waals surface area contributed by atoms with Crippen LogP contribution in [0.2, 0.25) is 18.1 Å². The summed E-state index contributed by atoms with van der Waals surface area (Å²) < 4.78 is 24.4. The molecule has 0 saturated carbocycles. The van der Waals surface area contributed by atoms with Crippen molar-refractivity contribution in [1.29, 1.82) is 0 Å². The molecule has 1 unspecified atom stereocenters. The van der Waals surface area contributed by atoms with Gasteiger partial charge in [0.15, 0.2) is 8.32 Å². The highest BCUT2D eigenvalue weighted by Crippen LogP contribution is 2.42. The highest BCUT2D eigenvalue weighted by Gasteiger charge is 2.39. The summed E-state index contributed by atoms with van der Waals surface area (Å²) in [4.78, 5) is 0. The van der Waals surface area contributed by atoms with Crippen molar-refractivity contribution in [1.82, 2.24) is 0 Å². The number of aliphatic hydroxyl groups is 1. The molecule has 0 heterocycles. The fourth-order valence-electron chi connectivity index (χ4n) is 4.38. The van der Waals surface area contributed by atoms with Gasteiger partial charge in [0, 0.05) is 24.2 Å². The molecule has 0 aliphatic rings. The van der Waals surface area contributed by atoms with Gasteiger partial charge in [-0.05, 0) is 65.5 Å². The number of rotatable bonds is 15. The second-order valence-corrected chi connectivity index (χ2v) is 17.6. The second-order valence-electron chi connectivity index (χ2n) is 11.4. The van der Waals surface area contributed by atoms with Gasteiger partial charge in [-0.1, -0.05) is 75.4 Å². The smallest absolute Gasteiger partial charge is 0.192 e. The molecule has 1 N–H and O–H groups in total. The fourth-order valence-corrected chi connectivity index (χ4v) is 6.52. The molecule has 1 atom stereocenters. The molecule has 0 aromatic heterocycles. The van der Waals surface area contributed by atoms with Crippen LogP contribution in [0.25, 0.3) is 0 Å². The standard InChI is InChI=1S/C33H46O5SSi/c1-32(2,3)40(6,7)38-23-24-39-31(21-22-34)25-37-33(26-11-9-8-10-12-26,27-13-17-29(35-4)18-14-27)28-15-19-30(36-5)20-16-28/h8-20,31,34H,21-25H2,1-7H3. The number of benzene rings is 3. The van der Waals surface area contributed by atoms with E-state index in [2.05, 4.69) is 70.3 Å². The van der Waals surface area contributed by atoms with Crippen molar-refractivity contribution in [2.75, 3.05) is 39.8 Å². The van der Waals surface area contributed by atoms with Gasteiger partial charge in [-0.15, -0.1) is 0 Å². The van der Waals surface area contributed by atoms with Gasteiger partial charge in [-0.25, -0.2) is 0 Å². The first-order valence-electron chi connectivity index (χ1n) is 13.9. The Kier molecular flexibility index (Phi) is 11.7. The lowest BCUT2D eigenvalue weighted by atomic mass is 9.80. The van der Waals surface area contributed by atoms with E-state index in [9.17, 15) is 5.11 Å². The Bertz CT molecular complexity index is 1100. The first kappa shape index (κ1) is 32.2. The third-order valence-corrected chi connectivity index (χ3v) is 13.6. The van der Waals surface area contributed by atoms with E-state index >= 15 is 0 Å². The molecule has 40 heavy (non-hydrogen) atoms. The predicted octanol–water partition coefficient (Wildman–Crippen LogP) is 7.52. The molecule has 218 valence electrons. The van der Waals surface area contributed by atoms with Gasteiger partial charge in [-0.2, -0.15) is 11.8 Å². The van der Waals surface area contributed by atoms with E-state index in [1.54, 1.807) is 14.2 Å². The molecule has 3 aromatic rings. The topological polar surface area (TPSA) is 57.2 Å². The molecule has 3 rings (SSSR count). The summed E-state index contributed by atoms with van der Waals surface area (Å²) in [5.41, 5.74) is 2.16. The van der Waals surface area contributed by atoms with Crippen molar-refractivity contribution in [3.8, 4) is 11.5 Å². The van der Waals surface area contributed by atoms with E-state index in [0.717, 1.165) is 33.9 Å². The summed E-state index contributed by atoms with van der Waals surface area (Å²) in [5.74, 6) is 2.43. The van der Waals surface area contributed by atoms with Crippen LogP contribution in [0.3, 0.4) is 0 Å². The number of methoxy groups -OCH3 is 2. The van der Waals surface area contributed by atoms with Crippen molar-refractivity contribution >= 4 is 20.1 Å². The van der Waals surface area contributed by atoms with Crippen molar-refractivity contribution in [2.45, 2.75) is 56.2 Å². The lowest BCUT2D eigenvalue weighted by Crippen LogP contribution is -2.41. The van der Waals surface area contributed by atoms with Crippen LogP contribution in [0.1, 0.15) is 43.9 Å². The Morgan fingerprint density at radius 2 is 1.27 bits per heavy atom. The van der Waals surface area contributed by atoms with Crippen LogP contribution in [0.4, 0.5) is 0 Å². The van der Waals surface area contributed by atoms with E-state index in [4.69, 9.17) is 18.6 Å². The summed E-state index contributed by atoms with van der Waals surface area (Å²) in [6.45, 7) is 12.6. The van der Waals surface area contributed by atoms with Crippen LogP contribution >= 0.6 is 11.8 Å². The summed E-state index contributed by atoms with van der Waals surface area (Å²) in [5, 5.41) is 10.2. The van der Waals surface area contributed by atoms with E-state index < -0.39 is 13.9 Å². The average molecular weight is 583 g/mol. The first-order valence-corrected chi connectivity index (χ1v) is 17.9. The summed E-state index contributed by atoms with van der Waals surface area (Å²) in [6, 6.07) is 26.5. The highest BCUT2D eigenvalue weighted by atomic mass is 32.2. The van der Waals surface area contributed by atoms with Gasteiger partial charge in [0.25, 0.3) is 0 Å². The lowest BCUT2D eigenvalue weighted by Gasteiger charge is -2.37. The van der Waals surface area contributed by atoms with Crippen molar-refractivity contribution < 1.29 is 23.7 Å². The number of aliphatic hydroxyl groups excluding tert-OH is 1. The second kappa shape index (κ2) is 14.6. The van der Waals surface area contributed by atoms with Gasteiger partial charge in [0.1, 0.15) is 17.1 Å². The zero-order chi connectivity index (χ0) is 29.2. The Hall–Kier alpha value is -2.29. The van der Waals surface area contributed by atoms with Crippen molar-refractivity contribution in [2.24, 2.45) is 0 Å². The SMILES string of the molecule is COc1ccc(C(OCC(CCO)SCCO[Si](C)(C)C(C)(C)C)(c2ccccc2)c2ccc(OC)cc2)cc1. The van der Waals surface area contributed by atoms with Gasteiger partial charge in [0.05, 0.1) is 20.8 Å². The van der Waals surface area contributed by atoms with Crippen LogP contribution in [0.5, 0.6) is 11.5 Å². The summed E-state index contributed by atoms with van der Waals surface area (Å²) in [6.07, 6.45) is 0.640. The third-order valence-electron chi connectivity index (χ3n) is 7.82. The number of hydrogen-bond donors (Lipinski definition) is 1. The molecule has 0 aliphatic carbocycles. The number of ether oxygens (including phenoxy) is 3. The Labute approximate surface area is 246 Å². The molecule has 0 aliphatic heterocycles. The molecular weight excluding hydrogens is 537 g/mol. The molecule has 0 spiro atoms. The van der Waals surface area contributed by atoms with Gasteiger partial charge in [-0.3, -0.25) is 0 Å². The van der Waals surface area contributed by atoms with Crippen molar-refractivity contribution in [3.05, 3.63) is 95.6 Å². The Balaban J connectivity index is 1.94. The largest absolute Gasteiger partial charge is 0.497 e. The zero-order valence-corrected chi connectivity index (χ0v) is 26.9. The Morgan fingerprint density at radius 1 is 0.775 bits per heavy atom. The van der Waals surface area contributed by atoms with Crippen molar-refractivity contribution in [3.63, 3.8) is 0 Å². The van der Waals surface area contributed by atoms with Crippen LogP contribution in [-0.2, 0) is 14.8 Å². The zero-order valence-electron chi connectivity index (χ0n) is 25.1. The molecular formula is C33H46O5SSi. The quantitative estimate of drug-likeness (QED) is 0.114. The maximum absolute atomic E-state index is 9.90. The van der Waals surface area contributed by atoms with Gasteiger partial charge >= 0.3 is 0 Å². The molecule has 0 fully saturated rings. The average Bonchev–Trinajstić information content (AvgIpc) is 2.96. The maximum atomic E-state index is 9.90. The fraction of sp³-hybridized carbons (Fsp3) is 0.455. The molecule has 0 radical (unpaired) electrons. The molecule has 0 saturated heterocycles. The monoisotopic (exact) mass is 582 g/mol. The van der Waals surface area contributed by atoms with E-state index in [1.165, 1.54) is 0 Å². The first-order chi connectivity index (χ1) is 19.1. The third kappa shape index (κ3) is 7.92. The molecule has 0 amide bonds. The van der Waals surface area contributed by atoms with E-state index in [1.807, 2.05) is 54.2 Å². The number of hydrogen-bond acceptors (Lipinski definition) is 6. The predicted molar refractivity (Wildman–Crippen MR) is 169 cm³/mol. The van der Waals surface area contributed by atoms with Crippen LogP contribution in [0, 0.1) is 0 Å².